The van der Waals surface area contributed by atoms with Crippen LogP contribution in [0.25, 0.3) is 0 Å². The van der Waals surface area contributed by atoms with Crippen LogP contribution in [-0.4, -0.2) is 48.1 Å². The highest BCUT2D eigenvalue weighted by atomic mass is 16.5. The van der Waals surface area contributed by atoms with E-state index in [0.717, 1.165) is 0 Å². The molecule has 1 unspecified atom stereocenters. The monoisotopic (exact) mass is 221 g/mol. The first-order valence-corrected chi connectivity index (χ1v) is 5.32. The van der Waals surface area contributed by atoms with Gasteiger partial charge in [0.05, 0.1) is 18.3 Å². The first kappa shape index (κ1) is 11.0. The molecule has 1 aromatic rings. The molecule has 0 aliphatic carbocycles. The Bertz CT molecular complexity index is 356. The van der Waals surface area contributed by atoms with E-state index in [-0.39, 0.29) is 12.0 Å². The highest BCUT2D eigenvalue weighted by molar-refractivity contribution is 5.93. The average molecular weight is 221 g/mol. The molecule has 1 saturated heterocycles. The first-order valence-electron chi connectivity index (χ1n) is 5.32. The minimum absolute atomic E-state index is 0.00477. The Morgan fingerprint density at radius 1 is 1.69 bits per heavy atom. The number of aromatic nitrogens is 1. The lowest BCUT2D eigenvalue weighted by Crippen LogP contribution is -2.48. The molecule has 1 aromatic heterocycles. The van der Waals surface area contributed by atoms with Gasteiger partial charge in [0, 0.05) is 32.0 Å². The average Bonchev–Trinajstić information content (AvgIpc) is 2.39. The van der Waals surface area contributed by atoms with Crippen LogP contribution in [0.3, 0.4) is 0 Å². The minimum Gasteiger partial charge on any atom is -0.373 e. The fraction of sp³-hybridized carbons (Fsp3) is 0.455. The molecule has 16 heavy (non-hydrogen) atoms. The maximum Gasteiger partial charge on any atom is 0.255 e. The maximum absolute atomic E-state index is 12.1. The molecule has 0 aromatic carbocycles. The minimum atomic E-state index is -0.0469. The van der Waals surface area contributed by atoms with Crippen LogP contribution >= 0.6 is 0 Å². The third kappa shape index (κ3) is 2.37. The van der Waals surface area contributed by atoms with Gasteiger partial charge in [-0.25, -0.2) is 0 Å². The molecule has 2 rings (SSSR count). The molecular weight excluding hydrogens is 206 g/mol. The standard InChI is InChI=1S/C11H15N3O2/c12-6-10-8-14(4-5-16-10)11(15)9-2-1-3-13-7-9/h1-3,7,10H,4-6,8,12H2. The molecule has 86 valence electrons. The van der Waals surface area contributed by atoms with Gasteiger partial charge in [-0.2, -0.15) is 0 Å². The molecule has 5 heteroatoms. The molecule has 5 nitrogen and oxygen atoms in total. The SMILES string of the molecule is NCC1CN(C(=O)c2cccnc2)CCO1. The number of morpholine rings is 1. The van der Waals surface area contributed by atoms with Gasteiger partial charge in [0.1, 0.15) is 0 Å². The van der Waals surface area contributed by atoms with Gasteiger partial charge >= 0.3 is 0 Å². The van der Waals surface area contributed by atoms with Gasteiger partial charge in [-0.05, 0) is 12.1 Å². The zero-order valence-electron chi connectivity index (χ0n) is 9.00. The highest BCUT2D eigenvalue weighted by Crippen LogP contribution is 2.09. The first-order chi connectivity index (χ1) is 7.81. The van der Waals surface area contributed by atoms with Crippen molar-refractivity contribution in [3.05, 3.63) is 30.1 Å². The van der Waals surface area contributed by atoms with Crippen molar-refractivity contribution in [3.63, 3.8) is 0 Å². The van der Waals surface area contributed by atoms with Crippen LogP contribution in [0.4, 0.5) is 0 Å². The summed E-state index contributed by atoms with van der Waals surface area (Å²) in [5, 5.41) is 0. The van der Waals surface area contributed by atoms with E-state index in [0.29, 0.717) is 31.8 Å². The number of ether oxygens (including phenoxy) is 1. The van der Waals surface area contributed by atoms with E-state index >= 15 is 0 Å². The number of pyridine rings is 1. The Balaban J connectivity index is 2.05. The number of carbonyl (C=O) groups is 1. The number of hydrogen-bond donors (Lipinski definition) is 1. The summed E-state index contributed by atoms with van der Waals surface area (Å²) >= 11 is 0. The summed E-state index contributed by atoms with van der Waals surface area (Å²) in [6.07, 6.45) is 3.18. The summed E-state index contributed by atoms with van der Waals surface area (Å²) in [5.41, 5.74) is 6.14. The van der Waals surface area contributed by atoms with E-state index in [4.69, 9.17) is 10.5 Å². The second kappa shape index (κ2) is 5.05. The predicted octanol–water partition coefficient (Wildman–Crippen LogP) is -0.119. The fourth-order valence-electron chi connectivity index (χ4n) is 1.72. The lowest BCUT2D eigenvalue weighted by molar-refractivity contribution is -0.0167. The summed E-state index contributed by atoms with van der Waals surface area (Å²) in [6, 6.07) is 3.52. The van der Waals surface area contributed by atoms with Crippen LogP contribution in [0.2, 0.25) is 0 Å². The number of nitrogens with zero attached hydrogens (tertiary/aromatic N) is 2. The molecule has 1 atom stereocenters. The number of carbonyl (C=O) groups excluding carboxylic acids is 1. The maximum atomic E-state index is 12.1. The van der Waals surface area contributed by atoms with Crippen LogP contribution in [0.5, 0.6) is 0 Å². The molecule has 0 bridgehead atoms. The van der Waals surface area contributed by atoms with E-state index in [9.17, 15) is 4.79 Å². The molecule has 2 heterocycles. The Kier molecular flexibility index (Phi) is 3.48. The molecule has 0 radical (unpaired) electrons. The van der Waals surface area contributed by atoms with E-state index in [1.165, 1.54) is 0 Å². The number of nitrogens with two attached hydrogens (primary N) is 1. The predicted molar refractivity (Wildman–Crippen MR) is 58.9 cm³/mol. The molecular formula is C11H15N3O2. The second-order valence-corrected chi connectivity index (χ2v) is 3.72. The smallest absolute Gasteiger partial charge is 0.255 e. The van der Waals surface area contributed by atoms with Gasteiger partial charge in [0.15, 0.2) is 0 Å². The van der Waals surface area contributed by atoms with Crippen molar-refractivity contribution in [1.29, 1.82) is 0 Å². The van der Waals surface area contributed by atoms with Gasteiger partial charge < -0.3 is 15.4 Å². The van der Waals surface area contributed by atoms with Crippen LogP contribution < -0.4 is 5.73 Å². The topological polar surface area (TPSA) is 68.5 Å². The summed E-state index contributed by atoms with van der Waals surface area (Å²) in [5.74, 6) is -0.00477. The van der Waals surface area contributed by atoms with E-state index < -0.39 is 0 Å². The number of amides is 1. The van der Waals surface area contributed by atoms with Crippen LogP contribution in [0.1, 0.15) is 10.4 Å². The quantitative estimate of drug-likeness (QED) is 0.756. The number of rotatable bonds is 2. The Hall–Kier alpha value is -1.46. The van der Waals surface area contributed by atoms with Crippen molar-refractivity contribution in [2.75, 3.05) is 26.2 Å². The largest absolute Gasteiger partial charge is 0.373 e. The van der Waals surface area contributed by atoms with Crippen LogP contribution in [0.15, 0.2) is 24.5 Å². The van der Waals surface area contributed by atoms with Gasteiger partial charge in [-0.15, -0.1) is 0 Å². The molecule has 1 amide bonds. The van der Waals surface area contributed by atoms with E-state index in [1.54, 1.807) is 29.4 Å². The van der Waals surface area contributed by atoms with Crippen molar-refractivity contribution in [2.24, 2.45) is 5.73 Å². The summed E-state index contributed by atoms with van der Waals surface area (Å²) < 4.78 is 5.41. The van der Waals surface area contributed by atoms with Crippen molar-refractivity contribution >= 4 is 5.91 Å². The van der Waals surface area contributed by atoms with Crippen molar-refractivity contribution in [2.45, 2.75) is 6.10 Å². The fourth-order valence-corrected chi connectivity index (χ4v) is 1.72. The number of hydrogen-bond acceptors (Lipinski definition) is 4. The molecule has 0 saturated carbocycles. The zero-order valence-corrected chi connectivity index (χ0v) is 9.00. The molecule has 1 aliphatic rings. The Morgan fingerprint density at radius 2 is 2.56 bits per heavy atom. The van der Waals surface area contributed by atoms with Crippen LogP contribution in [-0.2, 0) is 4.74 Å². The van der Waals surface area contributed by atoms with Gasteiger partial charge in [-0.1, -0.05) is 0 Å². The Morgan fingerprint density at radius 3 is 3.25 bits per heavy atom. The summed E-state index contributed by atoms with van der Waals surface area (Å²) in [4.78, 5) is 17.7. The van der Waals surface area contributed by atoms with Crippen molar-refractivity contribution in [1.82, 2.24) is 9.88 Å². The van der Waals surface area contributed by atoms with Crippen molar-refractivity contribution < 1.29 is 9.53 Å². The van der Waals surface area contributed by atoms with E-state index in [1.807, 2.05) is 0 Å². The molecule has 2 N–H and O–H groups in total. The third-order valence-corrected chi connectivity index (χ3v) is 2.60. The highest BCUT2D eigenvalue weighted by Gasteiger charge is 2.23. The van der Waals surface area contributed by atoms with Crippen molar-refractivity contribution in [3.8, 4) is 0 Å². The van der Waals surface area contributed by atoms with Crippen LogP contribution in [0, 0.1) is 0 Å². The van der Waals surface area contributed by atoms with Gasteiger partial charge in [0.25, 0.3) is 5.91 Å². The zero-order chi connectivity index (χ0) is 11.4. The lowest BCUT2D eigenvalue weighted by atomic mass is 10.2. The molecule has 1 aliphatic heterocycles. The third-order valence-electron chi connectivity index (χ3n) is 2.60. The second-order valence-electron chi connectivity index (χ2n) is 3.72. The van der Waals surface area contributed by atoms with E-state index in [2.05, 4.69) is 4.98 Å². The van der Waals surface area contributed by atoms with Gasteiger partial charge in [-0.3, -0.25) is 9.78 Å². The molecule has 1 fully saturated rings. The molecule has 0 spiro atoms. The summed E-state index contributed by atoms with van der Waals surface area (Å²) in [6.45, 7) is 2.17. The normalized spacial score (nSPS) is 20.8. The summed E-state index contributed by atoms with van der Waals surface area (Å²) in [7, 11) is 0. The lowest BCUT2D eigenvalue weighted by Gasteiger charge is -2.32. The van der Waals surface area contributed by atoms with Gasteiger partial charge in [0.2, 0.25) is 0 Å². The Labute approximate surface area is 94.2 Å².